The van der Waals surface area contributed by atoms with E-state index in [4.69, 9.17) is 4.74 Å². The van der Waals surface area contributed by atoms with Gasteiger partial charge in [-0.15, -0.1) is 0 Å². The Bertz CT molecular complexity index is 614. The lowest BCUT2D eigenvalue weighted by molar-refractivity contribution is 0.0968. The van der Waals surface area contributed by atoms with Gasteiger partial charge in [0.1, 0.15) is 0 Å². The number of nitrogens with one attached hydrogen (secondary N) is 1. The highest BCUT2D eigenvalue weighted by Crippen LogP contribution is 2.28. The fourth-order valence-electron chi connectivity index (χ4n) is 2.64. The van der Waals surface area contributed by atoms with Crippen LogP contribution in [0.5, 0.6) is 0 Å². The van der Waals surface area contributed by atoms with Crippen molar-refractivity contribution in [2.24, 2.45) is 0 Å². The Morgan fingerprint density at radius 2 is 1.85 bits per heavy atom. The molecule has 0 amide bonds. The molecule has 1 N–H and O–H groups in total. The molecule has 4 nitrogen and oxygen atoms in total. The van der Waals surface area contributed by atoms with Crippen LogP contribution in [-0.2, 0) is 4.74 Å². The zero-order valence-corrected chi connectivity index (χ0v) is 11.6. The summed E-state index contributed by atoms with van der Waals surface area (Å²) >= 11 is 0. The van der Waals surface area contributed by atoms with Crippen LogP contribution in [0.4, 0.5) is 0 Å². The van der Waals surface area contributed by atoms with Crippen LogP contribution in [0, 0.1) is 0 Å². The second kappa shape index (κ2) is 4.96. The van der Waals surface area contributed by atoms with E-state index in [9.17, 15) is 9.59 Å². The van der Waals surface area contributed by atoms with E-state index < -0.39 is 0 Å². The molecule has 2 atom stereocenters. The van der Waals surface area contributed by atoms with E-state index in [1.54, 1.807) is 31.2 Å². The minimum atomic E-state index is -0.149. The molecule has 1 aliphatic carbocycles. The van der Waals surface area contributed by atoms with Gasteiger partial charge in [-0.1, -0.05) is 24.3 Å². The van der Waals surface area contributed by atoms with Crippen molar-refractivity contribution in [2.45, 2.75) is 26.0 Å². The second-order valence-electron chi connectivity index (χ2n) is 5.33. The number of hydrogen-bond donors (Lipinski definition) is 1. The van der Waals surface area contributed by atoms with Gasteiger partial charge in [-0.25, -0.2) is 0 Å². The number of benzene rings is 1. The van der Waals surface area contributed by atoms with E-state index in [1.165, 1.54) is 0 Å². The number of ketones is 2. The fraction of sp³-hybridized carbons (Fsp3) is 0.375. The molecule has 1 aromatic rings. The smallest absolute Gasteiger partial charge is 0.191 e. The average Bonchev–Trinajstić information content (AvgIpc) is 3.27. The van der Waals surface area contributed by atoms with Gasteiger partial charge < -0.3 is 10.1 Å². The zero-order valence-electron chi connectivity index (χ0n) is 11.6. The van der Waals surface area contributed by atoms with Crippen LogP contribution in [0.2, 0.25) is 0 Å². The third-order valence-corrected chi connectivity index (χ3v) is 3.89. The molecule has 2 unspecified atom stereocenters. The Kier molecular flexibility index (Phi) is 3.28. The third-order valence-electron chi connectivity index (χ3n) is 3.89. The van der Waals surface area contributed by atoms with Crippen LogP contribution >= 0.6 is 0 Å². The first-order chi connectivity index (χ1) is 9.59. The first kappa shape index (κ1) is 13.2. The van der Waals surface area contributed by atoms with E-state index >= 15 is 0 Å². The van der Waals surface area contributed by atoms with Gasteiger partial charge in [0, 0.05) is 34.9 Å². The average molecular weight is 271 g/mol. The van der Waals surface area contributed by atoms with Crippen LogP contribution in [0.25, 0.3) is 0 Å². The van der Waals surface area contributed by atoms with Gasteiger partial charge in [-0.05, 0) is 13.8 Å². The van der Waals surface area contributed by atoms with Gasteiger partial charge in [-0.3, -0.25) is 9.59 Å². The number of carbonyl (C=O) groups excluding carboxylic acids is 2. The summed E-state index contributed by atoms with van der Waals surface area (Å²) in [6.45, 7) is 5.13. The summed E-state index contributed by atoms with van der Waals surface area (Å²) in [6.07, 6.45) is 0.250. The molecule has 1 saturated heterocycles. The Morgan fingerprint density at radius 1 is 1.25 bits per heavy atom. The lowest BCUT2D eigenvalue weighted by Gasteiger charge is -2.24. The molecule has 1 fully saturated rings. The largest absolute Gasteiger partial charge is 0.372 e. The van der Waals surface area contributed by atoms with Crippen molar-refractivity contribution >= 4 is 11.6 Å². The predicted octanol–water partition coefficient (Wildman–Crippen LogP) is 1.76. The van der Waals surface area contributed by atoms with Crippen LogP contribution < -0.4 is 5.32 Å². The second-order valence-corrected chi connectivity index (χ2v) is 5.33. The molecule has 4 heteroatoms. The van der Waals surface area contributed by atoms with Crippen LogP contribution in [0.3, 0.4) is 0 Å². The van der Waals surface area contributed by atoms with E-state index in [0.717, 1.165) is 6.61 Å². The monoisotopic (exact) mass is 271 g/mol. The van der Waals surface area contributed by atoms with Crippen molar-refractivity contribution in [3.63, 3.8) is 0 Å². The number of allylic oxidation sites excluding steroid dienone is 1. The van der Waals surface area contributed by atoms with Gasteiger partial charge in [0.2, 0.25) is 0 Å². The maximum absolute atomic E-state index is 12.6. The SMILES string of the molecule is CC1=C(C(C)NCC2CO2)C(=O)c2ccccc2C1=O. The molecule has 1 heterocycles. The Labute approximate surface area is 117 Å². The van der Waals surface area contributed by atoms with Gasteiger partial charge in [-0.2, -0.15) is 0 Å². The summed E-state index contributed by atoms with van der Waals surface area (Å²) in [4.78, 5) is 25.0. The molecule has 104 valence electrons. The van der Waals surface area contributed by atoms with Crippen molar-refractivity contribution in [3.05, 3.63) is 46.5 Å². The third kappa shape index (κ3) is 2.21. The van der Waals surface area contributed by atoms with Crippen molar-refractivity contribution in [1.29, 1.82) is 0 Å². The minimum Gasteiger partial charge on any atom is -0.372 e. The number of carbonyl (C=O) groups is 2. The predicted molar refractivity (Wildman–Crippen MR) is 75.0 cm³/mol. The number of Topliss-reactive ketones (excluding diaryl/α,β-unsaturated/α-hetero) is 2. The number of ether oxygens (including phenoxy) is 1. The molecule has 20 heavy (non-hydrogen) atoms. The number of epoxide rings is 1. The van der Waals surface area contributed by atoms with Crippen molar-refractivity contribution < 1.29 is 14.3 Å². The molecule has 0 radical (unpaired) electrons. The zero-order chi connectivity index (χ0) is 14.3. The molecule has 3 rings (SSSR count). The summed E-state index contributed by atoms with van der Waals surface area (Å²) in [6, 6.07) is 6.86. The minimum absolute atomic E-state index is 0.0468. The molecule has 0 saturated carbocycles. The van der Waals surface area contributed by atoms with Gasteiger partial charge in [0.15, 0.2) is 11.6 Å². The van der Waals surface area contributed by atoms with Crippen molar-refractivity contribution in [2.75, 3.05) is 13.2 Å². The highest BCUT2D eigenvalue weighted by atomic mass is 16.6. The van der Waals surface area contributed by atoms with E-state index in [-0.39, 0.29) is 23.7 Å². The van der Waals surface area contributed by atoms with Crippen LogP contribution in [0.1, 0.15) is 34.6 Å². The maximum Gasteiger partial charge on any atom is 0.191 e. The normalized spacial score (nSPS) is 22.8. The highest BCUT2D eigenvalue weighted by molar-refractivity contribution is 6.27. The number of fused-ring (bicyclic) bond motifs is 1. The lowest BCUT2D eigenvalue weighted by Crippen LogP contribution is -2.37. The van der Waals surface area contributed by atoms with Crippen molar-refractivity contribution in [3.8, 4) is 0 Å². The van der Waals surface area contributed by atoms with E-state index in [0.29, 0.717) is 28.8 Å². The van der Waals surface area contributed by atoms with Gasteiger partial charge >= 0.3 is 0 Å². The number of rotatable bonds is 4. The molecule has 0 bridgehead atoms. The Hall–Kier alpha value is -1.78. The molecular formula is C16H17NO3. The molecular weight excluding hydrogens is 254 g/mol. The summed E-state index contributed by atoms with van der Waals surface area (Å²) in [5.41, 5.74) is 2.14. The van der Waals surface area contributed by atoms with Gasteiger partial charge in [0.05, 0.1) is 12.7 Å². The summed E-state index contributed by atoms with van der Waals surface area (Å²) in [5, 5.41) is 3.27. The molecule has 1 aromatic carbocycles. The van der Waals surface area contributed by atoms with Gasteiger partial charge in [0.25, 0.3) is 0 Å². The molecule has 0 aromatic heterocycles. The van der Waals surface area contributed by atoms with E-state index in [1.807, 2.05) is 6.92 Å². The Balaban J connectivity index is 1.91. The first-order valence-corrected chi connectivity index (χ1v) is 6.83. The summed E-state index contributed by atoms with van der Waals surface area (Å²) in [7, 11) is 0. The topological polar surface area (TPSA) is 58.7 Å². The first-order valence-electron chi connectivity index (χ1n) is 6.83. The Morgan fingerprint density at radius 3 is 2.45 bits per heavy atom. The molecule has 0 spiro atoms. The summed E-state index contributed by atoms with van der Waals surface area (Å²) in [5.74, 6) is -0.0964. The molecule has 1 aliphatic heterocycles. The van der Waals surface area contributed by atoms with Crippen molar-refractivity contribution in [1.82, 2.24) is 5.32 Å². The standard InChI is InChI=1S/C16H17NO3/c1-9-14(10(2)17-7-11-8-20-11)16(19)13-6-4-3-5-12(13)15(9)18/h3-6,10-11,17H,7-8H2,1-2H3. The van der Waals surface area contributed by atoms with Crippen LogP contribution in [0.15, 0.2) is 35.4 Å². The highest BCUT2D eigenvalue weighted by Gasteiger charge is 2.33. The van der Waals surface area contributed by atoms with E-state index in [2.05, 4.69) is 5.32 Å². The molecule has 2 aliphatic rings. The van der Waals surface area contributed by atoms with Crippen LogP contribution in [-0.4, -0.2) is 36.9 Å². The number of hydrogen-bond acceptors (Lipinski definition) is 4. The summed E-state index contributed by atoms with van der Waals surface area (Å²) < 4.78 is 5.15. The maximum atomic E-state index is 12.6. The fourth-order valence-corrected chi connectivity index (χ4v) is 2.64. The quantitative estimate of drug-likeness (QED) is 0.848. The lowest BCUT2D eigenvalue weighted by atomic mass is 9.82.